The quantitative estimate of drug-likeness (QED) is 0.646. The van der Waals surface area contributed by atoms with Crippen molar-refractivity contribution in [3.63, 3.8) is 0 Å². The molecule has 1 aliphatic rings. The predicted octanol–water partition coefficient (Wildman–Crippen LogP) is 1.07. The first-order valence-corrected chi connectivity index (χ1v) is 4.55. The third kappa shape index (κ3) is 1.61. The summed E-state index contributed by atoms with van der Waals surface area (Å²) in [7, 11) is 0. The van der Waals surface area contributed by atoms with Crippen LogP contribution in [0, 0.1) is 5.92 Å². The molecule has 1 saturated carbocycles. The van der Waals surface area contributed by atoms with Crippen LogP contribution in [0.15, 0.2) is 0 Å². The van der Waals surface area contributed by atoms with Gasteiger partial charge >= 0.3 is 5.97 Å². The summed E-state index contributed by atoms with van der Waals surface area (Å²) in [5.41, 5.74) is 5.12. The summed E-state index contributed by atoms with van der Waals surface area (Å²) in [6.07, 6.45) is 3.31. The molecule has 1 unspecified atom stereocenters. The van der Waals surface area contributed by atoms with Crippen molar-refractivity contribution in [2.24, 2.45) is 11.7 Å². The maximum absolute atomic E-state index is 11.4. The minimum Gasteiger partial charge on any atom is -0.465 e. The van der Waals surface area contributed by atoms with Crippen LogP contribution in [0.4, 0.5) is 0 Å². The number of hydrogen-bond acceptors (Lipinski definition) is 3. The summed E-state index contributed by atoms with van der Waals surface area (Å²) in [4.78, 5) is 11.4. The van der Waals surface area contributed by atoms with E-state index in [0.717, 1.165) is 12.8 Å². The Morgan fingerprint density at radius 1 is 1.67 bits per heavy atom. The molecule has 0 heterocycles. The van der Waals surface area contributed by atoms with Crippen molar-refractivity contribution in [2.75, 3.05) is 6.61 Å². The molecule has 0 spiro atoms. The minimum absolute atomic E-state index is 0.255. The Kier molecular flexibility index (Phi) is 2.73. The lowest BCUT2D eigenvalue weighted by molar-refractivity contribution is -0.152. The molecule has 70 valence electrons. The average molecular weight is 171 g/mol. The molecule has 1 rings (SSSR count). The molecular weight excluding hydrogens is 154 g/mol. The standard InChI is InChI=1S/C9H17NO2/c1-3-12-8(11)9(2,10)7-5-4-6-7/h7H,3-6,10H2,1-2H3. The molecule has 0 aromatic rings. The molecule has 0 aromatic carbocycles. The van der Waals surface area contributed by atoms with Gasteiger partial charge in [-0.25, -0.2) is 0 Å². The molecule has 1 atom stereocenters. The van der Waals surface area contributed by atoms with Gasteiger partial charge in [0.15, 0.2) is 0 Å². The molecule has 1 aliphatic carbocycles. The van der Waals surface area contributed by atoms with Gasteiger partial charge < -0.3 is 10.5 Å². The van der Waals surface area contributed by atoms with Crippen molar-refractivity contribution in [3.8, 4) is 0 Å². The van der Waals surface area contributed by atoms with Gasteiger partial charge in [-0.05, 0) is 32.6 Å². The lowest BCUT2D eigenvalue weighted by Gasteiger charge is -2.37. The van der Waals surface area contributed by atoms with Gasteiger partial charge in [-0.1, -0.05) is 6.42 Å². The molecule has 0 aromatic heterocycles. The smallest absolute Gasteiger partial charge is 0.326 e. The van der Waals surface area contributed by atoms with Gasteiger partial charge in [0.1, 0.15) is 5.54 Å². The Morgan fingerprint density at radius 2 is 2.25 bits per heavy atom. The third-order valence-electron chi connectivity index (χ3n) is 2.67. The maximum Gasteiger partial charge on any atom is 0.326 e. The van der Waals surface area contributed by atoms with Crippen LogP contribution in [0.3, 0.4) is 0 Å². The number of esters is 1. The zero-order valence-electron chi connectivity index (χ0n) is 7.80. The van der Waals surface area contributed by atoms with Crippen molar-refractivity contribution in [1.29, 1.82) is 0 Å². The minimum atomic E-state index is -0.756. The molecule has 3 heteroatoms. The SMILES string of the molecule is CCOC(=O)C(C)(N)C1CCC1. The van der Waals surface area contributed by atoms with E-state index in [2.05, 4.69) is 0 Å². The van der Waals surface area contributed by atoms with Crippen LogP contribution in [0.25, 0.3) is 0 Å². The van der Waals surface area contributed by atoms with E-state index in [-0.39, 0.29) is 5.97 Å². The Bertz CT molecular complexity index is 173. The van der Waals surface area contributed by atoms with Crippen molar-refractivity contribution in [2.45, 2.75) is 38.6 Å². The molecule has 1 fully saturated rings. The summed E-state index contributed by atoms with van der Waals surface area (Å²) < 4.78 is 4.90. The molecule has 0 aliphatic heterocycles. The summed E-state index contributed by atoms with van der Waals surface area (Å²) in [5, 5.41) is 0. The van der Waals surface area contributed by atoms with Crippen LogP contribution in [-0.4, -0.2) is 18.1 Å². The highest BCUT2D eigenvalue weighted by Crippen LogP contribution is 2.35. The summed E-state index contributed by atoms with van der Waals surface area (Å²) in [6.45, 7) is 3.99. The third-order valence-corrected chi connectivity index (χ3v) is 2.67. The highest BCUT2D eigenvalue weighted by atomic mass is 16.5. The summed E-state index contributed by atoms with van der Waals surface area (Å²) in [5.74, 6) is 0.0752. The normalized spacial score (nSPS) is 22.6. The van der Waals surface area contributed by atoms with E-state index in [1.165, 1.54) is 6.42 Å². The van der Waals surface area contributed by atoms with Crippen molar-refractivity contribution in [3.05, 3.63) is 0 Å². The van der Waals surface area contributed by atoms with Crippen LogP contribution < -0.4 is 5.73 Å². The van der Waals surface area contributed by atoms with Crippen LogP contribution >= 0.6 is 0 Å². The first kappa shape index (κ1) is 9.52. The fourth-order valence-corrected chi connectivity index (χ4v) is 1.46. The average Bonchev–Trinajstić information content (AvgIpc) is 1.82. The van der Waals surface area contributed by atoms with E-state index < -0.39 is 5.54 Å². The second kappa shape index (κ2) is 3.44. The number of hydrogen-bond donors (Lipinski definition) is 1. The van der Waals surface area contributed by atoms with E-state index in [9.17, 15) is 4.79 Å². The van der Waals surface area contributed by atoms with E-state index >= 15 is 0 Å². The number of ether oxygens (including phenoxy) is 1. The predicted molar refractivity (Wildman–Crippen MR) is 46.6 cm³/mol. The summed E-state index contributed by atoms with van der Waals surface area (Å²) in [6, 6.07) is 0. The Hall–Kier alpha value is -0.570. The first-order valence-electron chi connectivity index (χ1n) is 4.55. The fourth-order valence-electron chi connectivity index (χ4n) is 1.46. The Morgan fingerprint density at radius 3 is 2.58 bits per heavy atom. The molecule has 0 radical (unpaired) electrons. The monoisotopic (exact) mass is 171 g/mol. The van der Waals surface area contributed by atoms with E-state index in [0.29, 0.717) is 12.5 Å². The number of carbonyl (C=O) groups excluding carboxylic acids is 1. The second-order valence-corrected chi connectivity index (χ2v) is 3.63. The first-order chi connectivity index (χ1) is 5.59. The van der Waals surface area contributed by atoms with E-state index in [1.54, 1.807) is 13.8 Å². The number of rotatable bonds is 3. The highest BCUT2D eigenvalue weighted by molar-refractivity contribution is 5.80. The number of nitrogens with two attached hydrogens (primary N) is 1. The second-order valence-electron chi connectivity index (χ2n) is 3.63. The van der Waals surface area contributed by atoms with Crippen LogP contribution in [0.1, 0.15) is 33.1 Å². The van der Waals surface area contributed by atoms with Gasteiger partial charge in [0.2, 0.25) is 0 Å². The molecule has 12 heavy (non-hydrogen) atoms. The van der Waals surface area contributed by atoms with Crippen LogP contribution in [0.2, 0.25) is 0 Å². The van der Waals surface area contributed by atoms with Gasteiger partial charge in [-0.3, -0.25) is 4.79 Å². The lowest BCUT2D eigenvalue weighted by atomic mass is 9.72. The fraction of sp³-hybridized carbons (Fsp3) is 0.889. The van der Waals surface area contributed by atoms with E-state index in [4.69, 9.17) is 10.5 Å². The summed E-state index contributed by atoms with van der Waals surface area (Å²) >= 11 is 0. The van der Waals surface area contributed by atoms with Crippen molar-refractivity contribution >= 4 is 5.97 Å². The molecule has 3 nitrogen and oxygen atoms in total. The zero-order chi connectivity index (χ0) is 9.19. The van der Waals surface area contributed by atoms with E-state index in [1.807, 2.05) is 0 Å². The van der Waals surface area contributed by atoms with Gasteiger partial charge in [-0.15, -0.1) is 0 Å². The van der Waals surface area contributed by atoms with Crippen LogP contribution in [-0.2, 0) is 9.53 Å². The van der Waals surface area contributed by atoms with Gasteiger partial charge in [-0.2, -0.15) is 0 Å². The van der Waals surface area contributed by atoms with Crippen LogP contribution in [0.5, 0.6) is 0 Å². The molecule has 0 bridgehead atoms. The van der Waals surface area contributed by atoms with Crippen molar-refractivity contribution in [1.82, 2.24) is 0 Å². The molecule has 0 saturated heterocycles. The van der Waals surface area contributed by atoms with Gasteiger partial charge in [0.05, 0.1) is 6.61 Å². The molecular formula is C9H17NO2. The van der Waals surface area contributed by atoms with Gasteiger partial charge in [0.25, 0.3) is 0 Å². The highest BCUT2D eigenvalue weighted by Gasteiger charge is 2.41. The Balaban J connectivity index is 2.50. The lowest BCUT2D eigenvalue weighted by Crippen LogP contribution is -2.54. The molecule has 0 amide bonds. The van der Waals surface area contributed by atoms with Gasteiger partial charge in [0, 0.05) is 0 Å². The molecule has 2 N–H and O–H groups in total. The largest absolute Gasteiger partial charge is 0.465 e. The topological polar surface area (TPSA) is 52.3 Å². The Labute approximate surface area is 73.3 Å². The maximum atomic E-state index is 11.4. The van der Waals surface area contributed by atoms with Crippen molar-refractivity contribution < 1.29 is 9.53 Å². The number of carbonyl (C=O) groups is 1. The zero-order valence-corrected chi connectivity index (χ0v) is 7.80.